The Bertz CT molecular complexity index is 1040. The van der Waals surface area contributed by atoms with Crippen molar-refractivity contribution in [2.45, 2.75) is 81.8 Å². The topological polar surface area (TPSA) is 67.8 Å². The van der Waals surface area contributed by atoms with Crippen LogP contribution in [0.4, 0.5) is 0 Å². The van der Waals surface area contributed by atoms with E-state index in [-0.39, 0.29) is 43.0 Å². The lowest BCUT2D eigenvalue weighted by Crippen LogP contribution is -2.57. The van der Waals surface area contributed by atoms with Gasteiger partial charge in [-0.05, 0) is 80.7 Å². The molecule has 2 heterocycles. The molecule has 184 valence electrons. The summed E-state index contributed by atoms with van der Waals surface area (Å²) in [6, 6.07) is 18.4. The summed E-state index contributed by atoms with van der Waals surface area (Å²) >= 11 is 0. The highest BCUT2D eigenvalue weighted by Gasteiger charge is 2.42. The van der Waals surface area contributed by atoms with Gasteiger partial charge in [-0.15, -0.1) is 0 Å². The van der Waals surface area contributed by atoms with Gasteiger partial charge in [0.15, 0.2) is 0 Å². The summed E-state index contributed by atoms with van der Waals surface area (Å²) in [6.07, 6.45) is 6.93. The summed E-state index contributed by atoms with van der Waals surface area (Å²) in [5.41, 5.74) is 3.25. The highest BCUT2D eigenvalue weighted by molar-refractivity contribution is 5.76. The zero-order chi connectivity index (χ0) is 24.0. The molecule has 2 aromatic carbocycles. The molecule has 3 aliphatic rings. The van der Waals surface area contributed by atoms with Crippen molar-refractivity contribution in [3.63, 3.8) is 0 Å². The number of hydrogen-bond donors (Lipinski definition) is 2. The van der Waals surface area contributed by atoms with Crippen molar-refractivity contribution in [1.82, 2.24) is 5.32 Å². The van der Waals surface area contributed by atoms with Crippen molar-refractivity contribution in [2.75, 3.05) is 6.61 Å². The molecule has 2 aliphatic heterocycles. The number of ether oxygens (including phenoxy) is 2. The van der Waals surface area contributed by atoms with Crippen LogP contribution in [0, 0.1) is 17.8 Å². The number of benzene rings is 2. The van der Waals surface area contributed by atoms with Gasteiger partial charge in [-0.1, -0.05) is 42.2 Å². The van der Waals surface area contributed by atoms with Gasteiger partial charge in [0.1, 0.15) is 0 Å². The van der Waals surface area contributed by atoms with Gasteiger partial charge in [-0.3, -0.25) is 4.79 Å². The van der Waals surface area contributed by atoms with E-state index in [0.717, 1.165) is 56.1 Å². The van der Waals surface area contributed by atoms with Crippen LogP contribution in [0.1, 0.15) is 61.6 Å². The number of nitrogens with one attached hydrogen (secondary N) is 1. The molecule has 5 rings (SSSR count). The second-order valence-electron chi connectivity index (χ2n) is 10.2. The number of rotatable bonds is 7. The molecule has 0 spiro atoms. The SMILES string of the molecule is O=C(CC1CC1)N[C@H]1C[C@@H]2O[C@@H](CO)CC[C@@H]2O[C@@H]1CCc1ccc(C#Cc2ccccc2)cc1. The van der Waals surface area contributed by atoms with Crippen molar-refractivity contribution in [3.05, 3.63) is 71.3 Å². The van der Waals surface area contributed by atoms with Crippen molar-refractivity contribution in [2.24, 2.45) is 5.92 Å². The summed E-state index contributed by atoms with van der Waals surface area (Å²) in [5.74, 6) is 7.11. The fraction of sp³-hybridized carbons (Fsp3) is 0.500. The van der Waals surface area contributed by atoms with E-state index >= 15 is 0 Å². The van der Waals surface area contributed by atoms with Crippen LogP contribution in [0.25, 0.3) is 0 Å². The van der Waals surface area contributed by atoms with Crippen LogP contribution >= 0.6 is 0 Å². The third-order valence-electron chi connectivity index (χ3n) is 7.36. The Morgan fingerprint density at radius 3 is 2.37 bits per heavy atom. The van der Waals surface area contributed by atoms with Crippen molar-refractivity contribution in [3.8, 4) is 11.8 Å². The third-order valence-corrected chi connectivity index (χ3v) is 7.36. The first-order chi connectivity index (χ1) is 17.2. The predicted octanol–water partition coefficient (Wildman–Crippen LogP) is 4.00. The molecular weight excluding hydrogens is 438 g/mol. The monoisotopic (exact) mass is 473 g/mol. The first kappa shape index (κ1) is 24.1. The number of fused-ring (bicyclic) bond motifs is 1. The Hall–Kier alpha value is -2.65. The zero-order valence-corrected chi connectivity index (χ0v) is 20.2. The average Bonchev–Trinajstić information content (AvgIpc) is 3.71. The molecule has 0 bridgehead atoms. The largest absolute Gasteiger partial charge is 0.394 e. The van der Waals surface area contributed by atoms with E-state index in [1.54, 1.807) is 0 Å². The van der Waals surface area contributed by atoms with Gasteiger partial charge in [0.2, 0.25) is 5.91 Å². The number of aryl methyl sites for hydroxylation is 1. The highest BCUT2D eigenvalue weighted by atomic mass is 16.6. The molecule has 0 aromatic heterocycles. The molecule has 0 radical (unpaired) electrons. The van der Waals surface area contributed by atoms with Crippen LogP contribution in [-0.4, -0.2) is 48.1 Å². The van der Waals surface area contributed by atoms with Crippen LogP contribution in [0.3, 0.4) is 0 Å². The van der Waals surface area contributed by atoms with Crippen LogP contribution in [-0.2, 0) is 20.7 Å². The lowest BCUT2D eigenvalue weighted by atomic mass is 9.88. The summed E-state index contributed by atoms with van der Waals surface area (Å²) in [4.78, 5) is 12.6. The number of aliphatic hydroxyl groups excluding tert-OH is 1. The highest BCUT2D eigenvalue weighted by Crippen LogP contribution is 2.35. The minimum atomic E-state index is -0.122. The molecule has 3 fully saturated rings. The molecule has 5 heteroatoms. The number of amides is 1. The second-order valence-corrected chi connectivity index (χ2v) is 10.2. The summed E-state index contributed by atoms with van der Waals surface area (Å²) in [5, 5.41) is 12.8. The minimum absolute atomic E-state index is 0.0359. The van der Waals surface area contributed by atoms with Crippen LogP contribution < -0.4 is 5.32 Å². The number of carbonyl (C=O) groups excluding carboxylic acids is 1. The van der Waals surface area contributed by atoms with Crippen LogP contribution in [0.15, 0.2) is 54.6 Å². The standard InChI is InChI=1S/C30H35NO4/c32-20-25-15-17-28-29(34-25)19-26(31-30(33)18-24-12-13-24)27(35-28)16-14-23-10-8-22(9-11-23)7-6-21-4-2-1-3-5-21/h1-5,8-11,24-29,32H,12-20H2,(H,31,33)/t25-,26+,27-,28+,29+/m1/s1. The van der Waals surface area contributed by atoms with E-state index in [4.69, 9.17) is 9.47 Å². The van der Waals surface area contributed by atoms with Gasteiger partial charge in [0, 0.05) is 17.5 Å². The average molecular weight is 474 g/mol. The summed E-state index contributed by atoms with van der Waals surface area (Å²) < 4.78 is 12.6. The van der Waals surface area contributed by atoms with E-state index in [0.29, 0.717) is 12.3 Å². The Balaban J connectivity index is 1.20. The molecule has 35 heavy (non-hydrogen) atoms. The molecule has 5 nitrogen and oxygen atoms in total. The van der Waals surface area contributed by atoms with Gasteiger partial charge >= 0.3 is 0 Å². The van der Waals surface area contributed by atoms with Gasteiger partial charge in [0.25, 0.3) is 0 Å². The van der Waals surface area contributed by atoms with Gasteiger partial charge in [0.05, 0.1) is 37.1 Å². The van der Waals surface area contributed by atoms with E-state index in [2.05, 4.69) is 41.4 Å². The van der Waals surface area contributed by atoms with E-state index in [1.807, 2.05) is 30.3 Å². The predicted molar refractivity (Wildman–Crippen MR) is 135 cm³/mol. The molecule has 1 aliphatic carbocycles. The quantitative estimate of drug-likeness (QED) is 0.597. The maximum absolute atomic E-state index is 12.6. The molecule has 5 atom stereocenters. The Morgan fingerprint density at radius 2 is 1.66 bits per heavy atom. The fourth-order valence-electron chi connectivity index (χ4n) is 5.16. The second kappa shape index (κ2) is 11.4. The fourth-order valence-corrected chi connectivity index (χ4v) is 5.16. The Labute approximate surface area is 208 Å². The first-order valence-corrected chi connectivity index (χ1v) is 13.0. The molecule has 0 unspecified atom stereocenters. The maximum atomic E-state index is 12.6. The van der Waals surface area contributed by atoms with Crippen molar-refractivity contribution in [1.29, 1.82) is 0 Å². The number of hydrogen-bond acceptors (Lipinski definition) is 4. The smallest absolute Gasteiger partial charge is 0.220 e. The third kappa shape index (κ3) is 6.73. The van der Waals surface area contributed by atoms with Crippen molar-refractivity contribution >= 4 is 5.91 Å². The first-order valence-electron chi connectivity index (χ1n) is 13.0. The molecule has 2 aromatic rings. The van der Waals surface area contributed by atoms with Crippen LogP contribution in [0.2, 0.25) is 0 Å². The van der Waals surface area contributed by atoms with Gasteiger partial charge in [-0.25, -0.2) is 0 Å². The lowest BCUT2D eigenvalue weighted by molar-refractivity contribution is -0.202. The molecule has 1 saturated carbocycles. The lowest BCUT2D eigenvalue weighted by Gasteiger charge is -2.45. The molecule has 2 saturated heterocycles. The Kier molecular flexibility index (Phi) is 7.83. The maximum Gasteiger partial charge on any atom is 0.220 e. The number of aliphatic hydroxyl groups is 1. The normalized spacial score (nSPS) is 27.9. The van der Waals surface area contributed by atoms with E-state index < -0.39 is 0 Å². The van der Waals surface area contributed by atoms with E-state index in [9.17, 15) is 9.90 Å². The Morgan fingerprint density at radius 1 is 0.914 bits per heavy atom. The van der Waals surface area contributed by atoms with Gasteiger partial charge < -0.3 is 19.9 Å². The number of carbonyl (C=O) groups is 1. The summed E-state index contributed by atoms with van der Waals surface area (Å²) in [7, 11) is 0. The molecular formula is C30H35NO4. The van der Waals surface area contributed by atoms with Crippen molar-refractivity contribution < 1.29 is 19.4 Å². The summed E-state index contributed by atoms with van der Waals surface area (Å²) in [6.45, 7) is 0.0388. The van der Waals surface area contributed by atoms with Crippen LogP contribution in [0.5, 0.6) is 0 Å². The van der Waals surface area contributed by atoms with E-state index in [1.165, 1.54) is 5.56 Å². The minimum Gasteiger partial charge on any atom is -0.394 e. The zero-order valence-electron chi connectivity index (χ0n) is 20.2. The van der Waals surface area contributed by atoms with Gasteiger partial charge in [-0.2, -0.15) is 0 Å². The molecule has 1 amide bonds. The molecule has 2 N–H and O–H groups in total.